The van der Waals surface area contributed by atoms with Gasteiger partial charge in [-0.25, -0.2) is 0 Å². The van der Waals surface area contributed by atoms with Crippen molar-refractivity contribution in [1.29, 1.82) is 0 Å². The third-order valence-corrected chi connectivity index (χ3v) is 2.34. The first kappa shape index (κ1) is 13.0. The van der Waals surface area contributed by atoms with Crippen LogP contribution in [-0.2, 0) is 4.79 Å². The Morgan fingerprint density at radius 3 is 2.71 bits per heavy atom. The molecule has 92 valence electrons. The van der Waals surface area contributed by atoms with Crippen LogP contribution in [0.4, 0.5) is 0 Å². The van der Waals surface area contributed by atoms with E-state index in [9.17, 15) is 14.7 Å². The summed E-state index contributed by atoms with van der Waals surface area (Å²) in [6, 6.07) is 4.91. The summed E-state index contributed by atoms with van der Waals surface area (Å²) in [5.74, 6) is -1.32. The van der Waals surface area contributed by atoms with Gasteiger partial charge < -0.3 is 15.5 Å². The van der Waals surface area contributed by atoms with Crippen LogP contribution in [0.15, 0.2) is 18.2 Å². The quantitative estimate of drug-likeness (QED) is 0.673. The van der Waals surface area contributed by atoms with Crippen molar-refractivity contribution < 1.29 is 19.8 Å². The molecule has 0 aliphatic carbocycles. The van der Waals surface area contributed by atoms with E-state index in [0.717, 1.165) is 0 Å². The van der Waals surface area contributed by atoms with Gasteiger partial charge in [0.1, 0.15) is 5.75 Å². The number of rotatable bonds is 5. The largest absolute Gasteiger partial charge is 0.507 e. The second-order valence-corrected chi connectivity index (χ2v) is 3.72. The average Bonchev–Trinajstić information content (AvgIpc) is 2.27. The van der Waals surface area contributed by atoms with E-state index in [4.69, 9.17) is 5.11 Å². The van der Waals surface area contributed by atoms with Crippen molar-refractivity contribution in [2.45, 2.75) is 19.8 Å². The zero-order valence-corrected chi connectivity index (χ0v) is 9.56. The van der Waals surface area contributed by atoms with Crippen molar-refractivity contribution in [2.24, 2.45) is 0 Å². The van der Waals surface area contributed by atoms with Crippen molar-refractivity contribution >= 4 is 11.9 Å². The summed E-state index contributed by atoms with van der Waals surface area (Å²) in [6.45, 7) is 1.98. The van der Waals surface area contributed by atoms with Crippen molar-refractivity contribution in [2.75, 3.05) is 6.54 Å². The van der Waals surface area contributed by atoms with Crippen molar-refractivity contribution in [3.63, 3.8) is 0 Å². The SMILES string of the molecule is Cc1cccc(C(=O)NCCCC(=O)O)c1O. The van der Waals surface area contributed by atoms with Crippen LogP contribution < -0.4 is 5.32 Å². The fraction of sp³-hybridized carbons (Fsp3) is 0.333. The summed E-state index contributed by atoms with van der Waals surface area (Å²) in [6.07, 6.45) is 0.383. The number of phenols is 1. The number of aryl methyl sites for hydroxylation is 1. The number of aliphatic carboxylic acids is 1. The van der Waals surface area contributed by atoms with Gasteiger partial charge in [-0.05, 0) is 25.0 Å². The number of benzene rings is 1. The molecule has 0 radical (unpaired) electrons. The fourth-order valence-electron chi connectivity index (χ4n) is 1.38. The van der Waals surface area contributed by atoms with E-state index in [1.807, 2.05) is 0 Å². The first-order valence-electron chi connectivity index (χ1n) is 5.31. The highest BCUT2D eigenvalue weighted by Gasteiger charge is 2.11. The number of carboxylic acids is 1. The number of phenolic OH excluding ortho intramolecular Hbond substituents is 1. The number of carbonyl (C=O) groups excluding carboxylic acids is 1. The van der Waals surface area contributed by atoms with Gasteiger partial charge in [0.15, 0.2) is 0 Å². The summed E-state index contributed by atoms with van der Waals surface area (Å²) < 4.78 is 0. The number of carbonyl (C=O) groups is 2. The van der Waals surface area contributed by atoms with E-state index in [0.29, 0.717) is 12.0 Å². The molecule has 0 fully saturated rings. The van der Waals surface area contributed by atoms with Crippen LogP contribution in [0, 0.1) is 6.92 Å². The van der Waals surface area contributed by atoms with E-state index in [-0.39, 0.29) is 24.3 Å². The smallest absolute Gasteiger partial charge is 0.303 e. The topological polar surface area (TPSA) is 86.6 Å². The Bertz CT molecular complexity index is 429. The number of hydrogen-bond acceptors (Lipinski definition) is 3. The molecule has 0 aromatic heterocycles. The second kappa shape index (κ2) is 5.89. The van der Waals surface area contributed by atoms with Crippen molar-refractivity contribution in [3.05, 3.63) is 29.3 Å². The van der Waals surface area contributed by atoms with Crippen LogP contribution in [0.3, 0.4) is 0 Å². The number of aromatic hydroxyl groups is 1. The van der Waals surface area contributed by atoms with E-state index in [1.54, 1.807) is 19.1 Å². The molecule has 1 rings (SSSR count). The third kappa shape index (κ3) is 3.79. The second-order valence-electron chi connectivity index (χ2n) is 3.72. The molecule has 5 heteroatoms. The van der Waals surface area contributed by atoms with Crippen molar-refractivity contribution in [3.8, 4) is 5.75 Å². The standard InChI is InChI=1S/C12H15NO4/c1-8-4-2-5-9(11(8)16)12(17)13-7-3-6-10(14)15/h2,4-5,16H,3,6-7H2,1H3,(H,13,17)(H,14,15). The average molecular weight is 237 g/mol. The normalized spacial score (nSPS) is 9.94. The molecular weight excluding hydrogens is 222 g/mol. The number of para-hydroxylation sites is 1. The summed E-state index contributed by atoms with van der Waals surface area (Å²) in [5.41, 5.74) is 0.837. The lowest BCUT2D eigenvalue weighted by atomic mass is 10.1. The maximum absolute atomic E-state index is 11.6. The van der Waals surface area contributed by atoms with Gasteiger partial charge in [-0.3, -0.25) is 9.59 Å². The highest BCUT2D eigenvalue weighted by atomic mass is 16.4. The van der Waals surface area contributed by atoms with E-state index in [1.165, 1.54) is 6.07 Å². The third-order valence-electron chi connectivity index (χ3n) is 2.34. The molecule has 1 aromatic rings. The predicted molar refractivity (Wildman–Crippen MR) is 62.0 cm³/mol. The van der Waals surface area contributed by atoms with E-state index in [2.05, 4.69) is 5.32 Å². The molecule has 0 saturated carbocycles. The Morgan fingerprint density at radius 1 is 1.35 bits per heavy atom. The minimum Gasteiger partial charge on any atom is -0.507 e. The van der Waals surface area contributed by atoms with E-state index < -0.39 is 11.9 Å². The Morgan fingerprint density at radius 2 is 2.06 bits per heavy atom. The molecule has 0 heterocycles. The van der Waals surface area contributed by atoms with Gasteiger partial charge in [-0.15, -0.1) is 0 Å². The van der Waals surface area contributed by atoms with E-state index >= 15 is 0 Å². The first-order valence-corrected chi connectivity index (χ1v) is 5.31. The molecule has 5 nitrogen and oxygen atoms in total. The van der Waals surface area contributed by atoms with Gasteiger partial charge in [0, 0.05) is 13.0 Å². The molecule has 3 N–H and O–H groups in total. The summed E-state index contributed by atoms with van der Waals surface area (Å²) in [4.78, 5) is 21.9. The lowest BCUT2D eigenvalue weighted by Crippen LogP contribution is -2.25. The van der Waals surface area contributed by atoms with Gasteiger partial charge in [-0.1, -0.05) is 12.1 Å². The first-order chi connectivity index (χ1) is 8.02. The molecule has 1 aromatic carbocycles. The van der Waals surface area contributed by atoms with Gasteiger partial charge in [0.2, 0.25) is 0 Å². The minimum absolute atomic E-state index is 0.0140. The van der Waals surface area contributed by atoms with Crippen LogP contribution >= 0.6 is 0 Å². The monoisotopic (exact) mass is 237 g/mol. The number of carboxylic acid groups (broad SMARTS) is 1. The fourth-order valence-corrected chi connectivity index (χ4v) is 1.38. The van der Waals surface area contributed by atoms with Crippen LogP contribution in [0.25, 0.3) is 0 Å². The predicted octanol–water partition coefficient (Wildman–Crippen LogP) is 1.30. The molecule has 17 heavy (non-hydrogen) atoms. The molecule has 0 saturated heterocycles. The summed E-state index contributed by atoms with van der Waals surface area (Å²) in [5, 5.41) is 20.6. The number of nitrogens with one attached hydrogen (secondary N) is 1. The maximum Gasteiger partial charge on any atom is 0.303 e. The molecule has 0 aliphatic rings. The summed E-state index contributed by atoms with van der Waals surface area (Å²) in [7, 11) is 0. The van der Waals surface area contributed by atoms with Crippen molar-refractivity contribution in [1.82, 2.24) is 5.32 Å². The Hall–Kier alpha value is -2.04. The molecule has 1 amide bonds. The molecule has 0 bridgehead atoms. The van der Waals surface area contributed by atoms with Gasteiger partial charge >= 0.3 is 5.97 Å². The highest BCUT2D eigenvalue weighted by molar-refractivity contribution is 5.97. The zero-order valence-electron chi connectivity index (χ0n) is 9.56. The molecule has 0 spiro atoms. The lowest BCUT2D eigenvalue weighted by Gasteiger charge is -2.07. The Kier molecular flexibility index (Phi) is 4.51. The highest BCUT2D eigenvalue weighted by Crippen LogP contribution is 2.20. The zero-order chi connectivity index (χ0) is 12.8. The minimum atomic E-state index is -0.891. The van der Waals surface area contributed by atoms with Gasteiger partial charge in [0.05, 0.1) is 5.56 Å². The molecular formula is C12H15NO4. The maximum atomic E-state index is 11.6. The lowest BCUT2D eigenvalue weighted by molar-refractivity contribution is -0.137. The van der Waals surface area contributed by atoms with Gasteiger partial charge in [0.25, 0.3) is 5.91 Å². The van der Waals surface area contributed by atoms with Crippen LogP contribution in [0.5, 0.6) is 5.75 Å². The van der Waals surface area contributed by atoms with Crippen LogP contribution in [0.1, 0.15) is 28.8 Å². The number of amides is 1. The Labute approximate surface area is 99.1 Å². The molecule has 0 unspecified atom stereocenters. The Balaban J connectivity index is 2.53. The summed E-state index contributed by atoms with van der Waals surface area (Å²) >= 11 is 0. The van der Waals surface area contributed by atoms with Gasteiger partial charge in [-0.2, -0.15) is 0 Å². The molecule has 0 aliphatic heterocycles. The van der Waals surface area contributed by atoms with Crippen LogP contribution in [-0.4, -0.2) is 28.6 Å². The van der Waals surface area contributed by atoms with Crippen LogP contribution in [0.2, 0.25) is 0 Å². The molecule has 0 atom stereocenters. The number of hydrogen-bond donors (Lipinski definition) is 3.